The van der Waals surface area contributed by atoms with Gasteiger partial charge >= 0.3 is 0 Å². The van der Waals surface area contributed by atoms with Gasteiger partial charge in [0.15, 0.2) is 17.4 Å². The molecule has 0 unspecified atom stereocenters. The fourth-order valence-electron chi connectivity index (χ4n) is 3.30. The number of ether oxygens (including phenoxy) is 2. The first-order valence-corrected chi connectivity index (χ1v) is 10.9. The number of thiol groups is 1. The van der Waals surface area contributed by atoms with E-state index in [4.69, 9.17) is 19.8 Å². The smallest absolute Gasteiger partial charge is 0.248 e. The van der Waals surface area contributed by atoms with E-state index >= 15 is 0 Å². The van der Waals surface area contributed by atoms with E-state index in [1.54, 1.807) is 18.2 Å². The Kier molecular flexibility index (Phi) is 8.87. The summed E-state index contributed by atoms with van der Waals surface area (Å²) in [5, 5.41) is 24.0. The van der Waals surface area contributed by atoms with Crippen LogP contribution in [-0.2, 0) is 4.74 Å². The molecule has 2 heterocycles. The van der Waals surface area contributed by atoms with Crippen LogP contribution in [0.5, 0.6) is 5.75 Å². The maximum absolute atomic E-state index is 13.6. The number of aromatic nitrogens is 2. The zero-order chi connectivity index (χ0) is 23.7. The van der Waals surface area contributed by atoms with Gasteiger partial charge in [0, 0.05) is 31.1 Å². The summed E-state index contributed by atoms with van der Waals surface area (Å²) in [6.07, 6.45) is 1.67. The van der Waals surface area contributed by atoms with E-state index in [2.05, 4.69) is 38.1 Å². The highest BCUT2D eigenvalue weighted by atomic mass is 32.1. The molecule has 3 rings (SSSR count). The summed E-state index contributed by atoms with van der Waals surface area (Å²) in [6, 6.07) is 6.76. The molecule has 0 aromatic carbocycles. The van der Waals surface area contributed by atoms with Crippen molar-refractivity contribution in [3.8, 4) is 11.8 Å². The Labute approximate surface area is 196 Å². The number of alkyl halides is 2. The highest BCUT2D eigenvalue weighted by Gasteiger charge is 2.35. The SMILES string of the molecule is N#Cc1ccc(Nc2nc(NC3CCC(F)(F)CC3)c(OCCOCCO)cc2NS)nc1. The Morgan fingerprint density at radius 1 is 1.21 bits per heavy atom. The first-order valence-electron chi connectivity index (χ1n) is 10.5. The number of anilines is 4. The summed E-state index contributed by atoms with van der Waals surface area (Å²) >= 11 is 4.14. The number of nitrogens with zero attached hydrogens (tertiary/aromatic N) is 3. The van der Waals surface area contributed by atoms with Crippen molar-refractivity contribution in [1.29, 1.82) is 5.26 Å². The third kappa shape index (κ3) is 7.31. The number of hydrogen-bond acceptors (Lipinski definition) is 10. The molecule has 33 heavy (non-hydrogen) atoms. The summed E-state index contributed by atoms with van der Waals surface area (Å²) in [6.45, 7) is 0.578. The van der Waals surface area contributed by atoms with Gasteiger partial charge in [0.05, 0.1) is 31.1 Å². The van der Waals surface area contributed by atoms with Crippen LogP contribution in [0.3, 0.4) is 0 Å². The van der Waals surface area contributed by atoms with E-state index < -0.39 is 5.92 Å². The number of rotatable bonds is 11. The van der Waals surface area contributed by atoms with Gasteiger partial charge in [-0.05, 0) is 25.0 Å². The van der Waals surface area contributed by atoms with Crippen LogP contribution in [0, 0.1) is 11.3 Å². The van der Waals surface area contributed by atoms with Gasteiger partial charge in [-0.1, -0.05) is 12.8 Å². The maximum atomic E-state index is 13.6. The van der Waals surface area contributed by atoms with E-state index in [0.29, 0.717) is 47.3 Å². The molecule has 0 bridgehead atoms. The molecule has 0 amide bonds. The molecule has 0 spiro atoms. The Morgan fingerprint density at radius 2 is 2.00 bits per heavy atom. The van der Waals surface area contributed by atoms with Crippen LogP contribution in [0.25, 0.3) is 0 Å². The molecule has 12 heteroatoms. The van der Waals surface area contributed by atoms with E-state index in [9.17, 15) is 8.78 Å². The number of pyridine rings is 2. The van der Waals surface area contributed by atoms with Crippen molar-refractivity contribution in [1.82, 2.24) is 9.97 Å². The summed E-state index contributed by atoms with van der Waals surface area (Å²) < 4.78 is 40.9. The molecule has 1 saturated carbocycles. The lowest BCUT2D eigenvalue weighted by Crippen LogP contribution is -2.32. The van der Waals surface area contributed by atoms with Crippen LogP contribution in [0.15, 0.2) is 24.4 Å². The normalized spacial score (nSPS) is 15.5. The number of nitrogens with one attached hydrogen (secondary N) is 3. The van der Waals surface area contributed by atoms with Gasteiger partial charge in [0.1, 0.15) is 18.5 Å². The lowest BCUT2D eigenvalue weighted by atomic mass is 9.92. The number of hydrogen-bond donors (Lipinski definition) is 5. The van der Waals surface area contributed by atoms with Gasteiger partial charge in [-0.15, -0.1) is 0 Å². The Morgan fingerprint density at radius 3 is 2.64 bits per heavy atom. The molecule has 2 aromatic heterocycles. The molecular formula is C21H26F2N6O3S. The zero-order valence-electron chi connectivity index (χ0n) is 17.9. The first-order chi connectivity index (χ1) is 15.9. The molecule has 4 N–H and O–H groups in total. The number of aliphatic hydroxyl groups excluding tert-OH is 1. The van der Waals surface area contributed by atoms with E-state index in [0.717, 1.165) is 0 Å². The molecule has 0 aliphatic heterocycles. The van der Waals surface area contributed by atoms with Gasteiger partial charge < -0.3 is 29.9 Å². The molecular weight excluding hydrogens is 454 g/mol. The average Bonchev–Trinajstić information content (AvgIpc) is 2.82. The minimum atomic E-state index is -2.64. The molecule has 0 saturated heterocycles. The first kappa shape index (κ1) is 24.8. The molecule has 1 aliphatic rings. The average molecular weight is 481 g/mol. The fourth-order valence-corrected chi connectivity index (χ4v) is 3.47. The highest BCUT2D eigenvalue weighted by Crippen LogP contribution is 2.37. The Hall–Kier alpha value is -2.88. The summed E-state index contributed by atoms with van der Waals surface area (Å²) in [5.41, 5.74) is 0.918. The minimum absolute atomic E-state index is 0.0852. The largest absolute Gasteiger partial charge is 0.487 e. The Balaban J connectivity index is 1.81. The summed E-state index contributed by atoms with van der Waals surface area (Å²) in [4.78, 5) is 8.78. The van der Waals surface area contributed by atoms with Gasteiger partial charge in [0.25, 0.3) is 0 Å². The lowest BCUT2D eigenvalue weighted by molar-refractivity contribution is -0.0361. The molecule has 1 aliphatic carbocycles. The van der Waals surface area contributed by atoms with Gasteiger partial charge in [-0.3, -0.25) is 0 Å². The van der Waals surface area contributed by atoms with Crippen molar-refractivity contribution < 1.29 is 23.4 Å². The van der Waals surface area contributed by atoms with Gasteiger partial charge in [0.2, 0.25) is 5.92 Å². The van der Waals surface area contributed by atoms with E-state index in [-0.39, 0.29) is 45.3 Å². The number of aliphatic hydroxyl groups is 1. The molecule has 178 valence electrons. The quantitative estimate of drug-likeness (QED) is 0.242. The molecule has 0 atom stereocenters. The molecule has 0 radical (unpaired) electrons. The highest BCUT2D eigenvalue weighted by molar-refractivity contribution is 7.81. The van der Waals surface area contributed by atoms with Crippen molar-refractivity contribution in [2.45, 2.75) is 37.6 Å². The number of halogens is 2. The second-order valence-corrected chi connectivity index (χ2v) is 7.69. The van der Waals surface area contributed by atoms with E-state index in [1.165, 1.54) is 6.20 Å². The molecule has 9 nitrogen and oxygen atoms in total. The van der Waals surface area contributed by atoms with Crippen molar-refractivity contribution >= 4 is 36.0 Å². The third-order valence-electron chi connectivity index (χ3n) is 5.03. The van der Waals surface area contributed by atoms with E-state index in [1.807, 2.05) is 6.07 Å². The summed E-state index contributed by atoms with van der Waals surface area (Å²) in [5.74, 6) is -1.01. The topological polar surface area (TPSA) is 124 Å². The predicted octanol–water partition coefficient (Wildman–Crippen LogP) is 3.73. The Bertz CT molecular complexity index is 948. The lowest BCUT2D eigenvalue weighted by Gasteiger charge is -2.30. The standard InChI is InChI=1S/C21H26F2N6O3S/c22-21(23)5-3-15(4-6-21)26-20-17(32-10-9-31-8-7-30)11-16(29-33)19(28-20)27-18-2-1-14(12-24)13-25-18/h1-2,11,13,15,29-30,33H,3-10H2,(H2,25,26,27,28). The number of nitriles is 1. The summed E-state index contributed by atoms with van der Waals surface area (Å²) in [7, 11) is 0. The van der Waals surface area contributed by atoms with Crippen molar-refractivity contribution in [2.75, 3.05) is 41.8 Å². The fraction of sp³-hybridized carbons (Fsp3) is 0.476. The second-order valence-electron chi connectivity index (χ2n) is 7.47. The predicted molar refractivity (Wildman–Crippen MR) is 123 cm³/mol. The van der Waals surface area contributed by atoms with Crippen LogP contribution in [0.2, 0.25) is 0 Å². The van der Waals surface area contributed by atoms with Crippen molar-refractivity contribution in [3.63, 3.8) is 0 Å². The van der Waals surface area contributed by atoms with Gasteiger partial charge in [-0.25, -0.2) is 18.7 Å². The zero-order valence-corrected chi connectivity index (χ0v) is 18.7. The monoisotopic (exact) mass is 480 g/mol. The van der Waals surface area contributed by atoms with Crippen LogP contribution >= 0.6 is 12.8 Å². The molecule has 1 fully saturated rings. The van der Waals surface area contributed by atoms with Gasteiger partial charge in [-0.2, -0.15) is 5.26 Å². The maximum Gasteiger partial charge on any atom is 0.248 e. The van der Waals surface area contributed by atoms with Crippen molar-refractivity contribution in [3.05, 3.63) is 30.0 Å². The van der Waals surface area contributed by atoms with Crippen LogP contribution in [0.1, 0.15) is 31.2 Å². The minimum Gasteiger partial charge on any atom is -0.487 e. The third-order valence-corrected chi connectivity index (χ3v) is 5.27. The van der Waals surface area contributed by atoms with Crippen LogP contribution in [0.4, 0.5) is 31.9 Å². The van der Waals surface area contributed by atoms with Crippen LogP contribution in [-0.4, -0.2) is 53.5 Å². The van der Waals surface area contributed by atoms with Crippen molar-refractivity contribution in [2.24, 2.45) is 0 Å². The van der Waals surface area contributed by atoms with Crippen LogP contribution < -0.4 is 20.1 Å². The molecule has 2 aromatic rings. The second kappa shape index (κ2) is 11.8.